The summed E-state index contributed by atoms with van der Waals surface area (Å²) in [6, 6.07) is 0. The van der Waals surface area contributed by atoms with Crippen molar-refractivity contribution >= 4 is 0 Å². The van der Waals surface area contributed by atoms with Crippen LogP contribution in [0.5, 0.6) is 0 Å². The van der Waals surface area contributed by atoms with Crippen LogP contribution in [0.3, 0.4) is 0 Å². The second kappa shape index (κ2) is 3.24. The topological polar surface area (TPSA) is 38.9 Å². The third-order valence-corrected chi connectivity index (χ3v) is 0.995. The molecule has 1 aromatic rings. The Hall–Kier alpha value is -0.237. The van der Waals surface area contributed by atoms with E-state index in [-0.39, 0.29) is 24.9 Å². The summed E-state index contributed by atoms with van der Waals surface area (Å²) in [6.07, 6.45) is 2.30. The van der Waals surface area contributed by atoms with Crippen molar-refractivity contribution in [1.82, 2.24) is 10.1 Å². The number of rotatable bonds is 0. The van der Waals surface area contributed by atoms with Gasteiger partial charge < -0.3 is 9.51 Å². The molecule has 10 heavy (non-hydrogen) atoms. The van der Waals surface area contributed by atoms with E-state index in [2.05, 4.69) is 21.1 Å². The van der Waals surface area contributed by atoms with E-state index in [1.165, 1.54) is 0 Å². The molecule has 0 N–H and O–H groups in total. The molecule has 0 amide bonds. The molecule has 0 aliphatic rings. The molecule has 0 atom stereocenters. The van der Waals surface area contributed by atoms with E-state index in [4.69, 9.17) is 0 Å². The van der Waals surface area contributed by atoms with E-state index in [1.54, 1.807) is 0 Å². The van der Waals surface area contributed by atoms with Gasteiger partial charge in [-0.3, -0.25) is 0 Å². The maximum atomic E-state index is 4.45. The number of hydrogen-bond acceptors (Lipinski definition) is 3. The monoisotopic (exact) mass is 189 g/mol. The minimum Gasteiger partial charge on any atom is -0.459 e. The Kier molecular flexibility index (Phi) is 3.17. The fourth-order valence-electron chi connectivity index (χ4n) is 0.452. The Bertz CT molecular complexity index is 178. The predicted octanol–water partition coefficient (Wildman–Crippen LogP) is 1.16. The molecule has 0 fully saturated rings. The van der Waals surface area contributed by atoms with Crippen molar-refractivity contribution < 1.29 is 24.0 Å². The van der Waals surface area contributed by atoms with Gasteiger partial charge in [0.1, 0.15) is 0 Å². The largest absolute Gasteiger partial charge is 0.459 e. The molecule has 52 valence electrons. The predicted molar refractivity (Wildman–Crippen MR) is 31.8 cm³/mol. The van der Waals surface area contributed by atoms with Crippen LogP contribution >= 0.6 is 0 Å². The van der Waals surface area contributed by atoms with Gasteiger partial charge in [-0.1, -0.05) is 20.8 Å². The minimum atomic E-state index is -0.0243. The van der Waals surface area contributed by atoms with Gasteiger partial charge in [0.05, 0.1) is 6.39 Å². The summed E-state index contributed by atoms with van der Waals surface area (Å²) in [4.78, 5) is 3.78. The summed E-state index contributed by atoms with van der Waals surface area (Å²) < 4.78 is 4.45. The second-order valence-electron chi connectivity index (χ2n) is 2.96. The van der Waals surface area contributed by atoms with Crippen molar-refractivity contribution in [2.45, 2.75) is 26.2 Å². The standard InChI is InChI=1S/C6H9N2O.Zn/c1-6(2,3)5-7-4-9-8-5;/h1-3H3;/q-1;. The van der Waals surface area contributed by atoms with Crippen LogP contribution in [0, 0.1) is 6.39 Å². The van der Waals surface area contributed by atoms with E-state index >= 15 is 0 Å². The van der Waals surface area contributed by atoms with Crippen molar-refractivity contribution in [2.75, 3.05) is 0 Å². The summed E-state index contributed by atoms with van der Waals surface area (Å²) in [5.74, 6) is 0.697. The second-order valence-corrected chi connectivity index (χ2v) is 2.96. The van der Waals surface area contributed by atoms with Crippen molar-refractivity contribution in [1.29, 1.82) is 0 Å². The van der Waals surface area contributed by atoms with Crippen LogP contribution in [-0.2, 0) is 24.9 Å². The average molecular weight is 191 g/mol. The van der Waals surface area contributed by atoms with Gasteiger partial charge in [0.2, 0.25) is 0 Å². The van der Waals surface area contributed by atoms with Crippen LogP contribution < -0.4 is 0 Å². The van der Waals surface area contributed by atoms with Gasteiger partial charge >= 0.3 is 0 Å². The minimum absolute atomic E-state index is 0. The van der Waals surface area contributed by atoms with Gasteiger partial charge in [-0.25, -0.2) is 0 Å². The first-order chi connectivity index (χ1) is 4.11. The van der Waals surface area contributed by atoms with E-state index in [9.17, 15) is 0 Å². The third kappa shape index (κ3) is 2.18. The van der Waals surface area contributed by atoms with E-state index < -0.39 is 0 Å². The SMILES string of the molecule is CC(C)(C)c1n[c-]on1.[Zn]. The molecule has 0 saturated heterocycles. The summed E-state index contributed by atoms with van der Waals surface area (Å²) in [5, 5.41) is 3.65. The van der Waals surface area contributed by atoms with Gasteiger partial charge in [-0.15, -0.1) is 0 Å². The van der Waals surface area contributed by atoms with Crippen LogP contribution in [0.15, 0.2) is 4.52 Å². The number of hydrogen-bond donors (Lipinski definition) is 0. The Morgan fingerprint density at radius 2 is 2.00 bits per heavy atom. The Morgan fingerprint density at radius 3 is 2.20 bits per heavy atom. The summed E-state index contributed by atoms with van der Waals surface area (Å²) >= 11 is 0. The van der Waals surface area contributed by atoms with E-state index in [0.717, 1.165) is 0 Å². The maximum Gasteiger partial charge on any atom is 0.0687 e. The van der Waals surface area contributed by atoms with Gasteiger partial charge in [-0.05, 0) is 5.41 Å². The van der Waals surface area contributed by atoms with Crippen molar-refractivity contribution in [3.8, 4) is 0 Å². The van der Waals surface area contributed by atoms with Crippen molar-refractivity contribution in [2.24, 2.45) is 0 Å². The van der Waals surface area contributed by atoms with Gasteiger partial charge in [0.25, 0.3) is 0 Å². The number of nitrogens with zero attached hydrogens (tertiary/aromatic N) is 2. The molecule has 3 nitrogen and oxygen atoms in total. The summed E-state index contributed by atoms with van der Waals surface area (Å²) in [7, 11) is 0. The smallest absolute Gasteiger partial charge is 0.0687 e. The third-order valence-electron chi connectivity index (χ3n) is 0.995. The molecule has 0 spiro atoms. The zero-order valence-electron chi connectivity index (χ0n) is 6.51. The molecule has 0 aliphatic carbocycles. The first kappa shape index (κ1) is 9.76. The van der Waals surface area contributed by atoms with E-state index in [1.807, 2.05) is 20.8 Å². The fourth-order valence-corrected chi connectivity index (χ4v) is 0.452. The molecule has 0 aliphatic heterocycles. The molecular formula is C6H9N2OZn-. The van der Waals surface area contributed by atoms with Crippen molar-refractivity contribution in [3.05, 3.63) is 12.2 Å². The van der Waals surface area contributed by atoms with Crippen LogP contribution in [0.2, 0.25) is 0 Å². The molecule has 0 bridgehead atoms. The molecule has 1 aromatic heterocycles. The molecule has 4 heteroatoms. The molecule has 0 aromatic carbocycles. The molecule has 0 radical (unpaired) electrons. The first-order valence-corrected chi connectivity index (χ1v) is 2.81. The summed E-state index contributed by atoms with van der Waals surface area (Å²) in [5.41, 5.74) is -0.0243. The van der Waals surface area contributed by atoms with Crippen LogP contribution in [0.1, 0.15) is 26.6 Å². The summed E-state index contributed by atoms with van der Waals surface area (Å²) in [6.45, 7) is 6.06. The van der Waals surface area contributed by atoms with Crippen molar-refractivity contribution in [3.63, 3.8) is 0 Å². The zero-order chi connectivity index (χ0) is 6.91. The Balaban J connectivity index is 0.000000810. The van der Waals surface area contributed by atoms with Crippen LogP contribution in [0.25, 0.3) is 0 Å². The Morgan fingerprint density at radius 1 is 1.40 bits per heavy atom. The van der Waals surface area contributed by atoms with Gasteiger partial charge in [-0.2, -0.15) is 5.16 Å². The zero-order valence-corrected chi connectivity index (χ0v) is 9.48. The molecule has 1 heterocycles. The van der Waals surface area contributed by atoms with Crippen LogP contribution in [0.4, 0.5) is 0 Å². The number of aromatic nitrogens is 2. The molecule has 0 saturated carbocycles. The van der Waals surface area contributed by atoms with Gasteiger partial charge in [0.15, 0.2) is 0 Å². The molecule has 1 rings (SSSR count). The Labute approximate surface area is 73.0 Å². The quantitative estimate of drug-likeness (QED) is 0.455. The normalized spacial score (nSPS) is 10.7. The molecule has 0 unspecified atom stereocenters. The average Bonchev–Trinajstić information content (AvgIpc) is 2.08. The fraction of sp³-hybridized carbons (Fsp3) is 0.667. The first-order valence-electron chi connectivity index (χ1n) is 2.81. The maximum absolute atomic E-state index is 4.45. The van der Waals surface area contributed by atoms with Crippen LogP contribution in [-0.4, -0.2) is 10.1 Å². The van der Waals surface area contributed by atoms with Gasteiger partial charge in [0, 0.05) is 25.3 Å². The molecular weight excluding hydrogens is 181 g/mol. The van der Waals surface area contributed by atoms with E-state index in [0.29, 0.717) is 5.82 Å².